The molecule has 0 aromatic carbocycles. The van der Waals surface area contributed by atoms with Gasteiger partial charge >= 0.3 is 0 Å². The molecule has 0 aliphatic carbocycles. The van der Waals surface area contributed by atoms with Crippen LogP contribution in [0.2, 0.25) is 0 Å². The maximum absolute atomic E-state index is 5.39. The van der Waals surface area contributed by atoms with Gasteiger partial charge in [-0.25, -0.2) is 10.5 Å². The van der Waals surface area contributed by atoms with Gasteiger partial charge in [-0.05, 0) is 41.9 Å². The van der Waals surface area contributed by atoms with Crippen LogP contribution < -0.4 is 10.2 Å². The molecule has 0 saturated carbocycles. The fraction of sp³-hybridized carbons (Fsp3) is 0.571. The SMILES string of the molecule is CCOC(CONC(=NC)c1ccc(Br)c(OC)n1)OCC. The highest BCUT2D eigenvalue weighted by Crippen LogP contribution is 2.21. The Morgan fingerprint density at radius 1 is 1.32 bits per heavy atom. The summed E-state index contributed by atoms with van der Waals surface area (Å²) in [6.45, 7) is 5.13. The first-order chi connectivity index (χ1) is 10.7. The summed E-state index contributed by atoms with van der Waals surface area (Å²) in [5.41, 5.74) is 3.36. The van der Waals surface area contributed by atoms with Crippen molar-refractivity contribution in [2.75, 3.05) is 34.0 Å². The number of nitrogens with one attached hydrogen (secondary N) is 1. The van der Waals surface area contributed by atoms with Crippen molar-refractivity contribution in [2.24, 2.45) is 4.99 Å². The van der Waals surface area contributed by atoms with E-state index in [1.807, 2.05) is 19.9 Å². The van der Waals surface area contributed by atoms with Crippen molar-refractivity contribution < 1.29 is 19.0 Å². The van der Waals surface area contributed by atoms with E-state index in [2.05, 4.69) is 31.4 Å². The van der Waals surface area contributed by atoms with E-state index in [0.717, 1.165) is 4.47 Å². The average Bonchev–Trinajstić information content (AvgIpc) is 2.52. The molecule has 1 N–H and O–H groups in total. The van der Waals surface area contributed by atoms with Crippen LogP contribution in [0.5, 0.6) is 5.88 Å². The molecule has 22 heavy (non-hydrogen) atoms. The van der Waals surface area contributed by atoms with E-state index in [-0.39, 0.29) is 6.61 Å². The lowest BCUT2D eigenvalue weighted by Gasteiger charge is -2.17. The third-order valence-electron chi connectivity index (χ3n) is 2.57. The maximum atomic E-state index is 5.39. The molecule has 0 bridgehead atoms. The Balaban J connectivity index is 2.62. The lowest BCUT2D eigenvalue weighted by molar-refractivity contribution is -0.174. The fourth-order valence-electron chi connectivity index (χ4n) is 1.61. The zero-order valence-electron chi connectivity index (χ0n) is 13.3. The quantitative estimate of drug-likeness (QED) is 0.308. The standard InChI is InChI=1S/C14H22BrN3O4/c1-5-20-12(21-6-2)9-22-18-13(16-3)11-8-7-10(15)14(17-11)19-4/h7-8,12H,5-6,9H2,1-4H3,(H,16,18). The van der Waals surface area contributed by atoms with Crippen LogP contribution in [0.25, 0.3) is 0 Å². The van der Waals surface area contributed by atoms with E-state index >= 15 is 0 Å². The number of ether oxygens (including phenoxy) is 3. The van der Waals surface area contributed by atoms with Crippen molar-refractivity contribution in [2.45, 2.75) is 20.1 Å². The van der Waals surface area contributed by atoms with Crippen molar-refractivity contribution in [1.29, 1.82) is 0 Å². The molecule has 1 heterocycles. The largest absolute Gasteiger partial charge is 0.480 e. The highest BCUT2D eigenvalue weighted by Gasteiger charge is 2.12. The van der Waals surface area contributed by atoms with Crippen LogP contribution in [0.3, 0.4) is 0 Å². The summed E-state index contributed by atoms with van der Waals surface area (Å²) in [5, 5.41) is 0. The van der Waals surface area contributed by atoms with Crippen LogP contribution >= 0.6 is 15.9 Å². The van der Waals surface area contributed by atoms with Crippen molar-refractivity contribution in [3.05, 3.63) is 22.3 Å². The molecule has 124 valence electrons. The molecular weight excluding hydrogens is 354 g/mol. The molecule has 0 unspecified atom stereocenters. The Morgan fingerprint density at radius 3 is 2.55 bits per heavy atom. The van der Waals surface area contributed by atoms with Gasteiger partial charge in [0.05, 0.1) is 11.6 Å². The third-order valence-corrected chi connectivity index (χ3v) is 3.17. The van der Waals surface area contributed by atoms with Gasteiger partial charge in [-0.3, -0.25) is 9.83 Å². The first-order valence-electron chi connectivity index (χ1n) is 6.94. The Morgan fingerprint density at radius 2 is 2.00 bits per heavy atom. The van der Waals surface area contributed by atoms with E-state index in [4.69, 9.17) is 19.0 Å². The topological polar surface area (TPSA) is 74.2 Å². The van der Waals surface area contributed by atoms with Gasteiger partial charge in [-0.15, -0.1) is 0 Å². The van der Waals surface area contributed by atoms with Crippen LogP contribution in [0.1, 0.15) is 19.5 Å². The van der Waals surface area contributed by atoms with Gasteiger partial charge in [0.25, 0.3) is 0 Å². The van der Waals surface area contributed by atoms with E-state index in [1.54, 1.807) is 20.2 Å². The Labute approximate surface area is 139 Å². The molecule has 7 nitrogen and oxygen atoms in total. The summed E-state index contributed by atoms with van der Waals surface area (Å²) < 4.78 is 16.7. The number of halogens is 1. The first-order valence-corrected chi connectivity index (χ1v) is 7.74. The smallest absolute Gasteiger partial charge is 0.228 e. The van der Waals surface area contributed by atoms with E-state index < -0.39 is 6.29 Å². The minimum absolute atomic E-state index is 0.231. The van der Waals surface area contributed by atoms with Crippen molar-refractivity contribution in [1.82, 2.24) is 10.5 Å². The van der Waals surface area contributed by atoms with Gasteiger partial charge in [0.1, 0.15) is 12.3 Å². The summed E-state index contributed by atoms with van der Waals surface area (Å²) in [6.07, 6.45) is -0.423. The second kappa shape index (κ2) is 10.5. The number of pyridine rings is 1. The molecule has 0 aliphatic heterocycles. The zero-order chi connectivity index (χ0) is 16.4. The van der Waals surface area contributed by atoms with E-state index in [0.29, 0.717) is 30.6 Å². The van der Waals surface area contributed by atoms with Crippen LogP contribution in [0.15, 0.2) is 21.6 Å². The van der Waals surface area contributed by atoms with Crippen LogP contribution in [0, 0.1) is 0 Å². The Kier molecular flexibility index (Phi) is 8.98. The summed E-state index contributed by atoms with van der Waals surface area (Å²) >= 11 is 3.36. The number of nitrogens with zero attached hydrogens (tertiary/aromatic N) is 2. The normalized spacial score (nSPS) is 11.8. The Bertz CT molecular complexity index is 479. The molecule has 0 saturated heterocycles. The maximum Gasteiger partial charge on any atom is 0.228 e. The van der Waals surface area contributed by atoms with Crippen molar-refractivity contribution in [3.8, 4) is 5.88 Å². The van der Waals surface area contributed by atoms with Gasteiger partial charge < -0.3 is 14.2 Å². The number of methoxy groups -OCH3 is 1. The molecule has 1 aromatic heterocycles. The Hall–Kier alpha value is -1.22. The molecule has 0 atom stereocenters. The van der Waals surface area contributed by atoms with Crippen LogP contribution in [-0.4, -0.2) is 51.1 Å². The van der Waals surface area contributed by atoms with Gasteiger partial charge in [-0.2, -0.15) is 0 Å². The second-order valence-corrected chi connectivity index (χ2v) is 4.87. The summed E-state index contributed by atoms with van der Waals surface area (Å²) in [4.78, 5) is 13.8. The van der Waals surface area contributed by atoms with E-state index in [1.165, 1.54) is 0 Å². The van der Waals surface area contributed by atoms with Gasteiger partial charge in [0, 0.05) is 20.3 Å². The fourth-order valence-corrected chi connectivity index (χ4v) is 1.99. The predicted molar refractivity (Wildman–Crippen MR) is 87.1 cm³/mol. The summed E-state index contributed by atoms with van der Waals surface area (Å²) in [6, 6.07) is 3.63. The van der Waals surface area contributed by atoms with Crippen molar-refractivity contribution >= 4 is 21.8 Å². The molecular formula is C14H22BrN3O4. The number of aromatic nitrogens is 1. The second-order valence-electron chi connectivity index (χ2n) is 4.01. The number of hydroxylamine groups is 1. The summed E-state index contributed by atoms with van der Waals surface area (Å²) in [7, 11) is 3.20. The number of aliphatic imine (C=N–C) groups is 1. The van der Waals surface area contributed by atoms with Crippen LogP contribution in [-0.2, 0) is 14.3 Å². The average molecular weight is 376 g/mol. The van der Waals surface area contributed by atoms with E-state index in [9.17, 15) is 0 Å². The van der Waals surface area contributed by atoms with Gasteiger partial charge in [0.2, 0.25) is 5.88 Å². The summed E-state index contributed by atoms with van der Waals surface area (Å²) in [5.74, 6) is 0.958. The molecule has 0 aliphatic rings. The minimum atomic E-state index is -0.423. The van der Waals surface area contributed by atoms with Crippen LogP contribution in [0.4, 0.5) is 0 Å². The highest BCUT2D eigenvalue weighted by molar-refractivity contribution is 9.10. The lowest BCUT2D eigenvalue weighted by Crippen LogP contribution is -2.32. The highest BCUT2D eigenvalue weighted by atomic mass is 79.9. The first kappa shape index (κ1) is 18.8. The number of hydrogen-bond donors (Lipinski definition) is 1. The molecule has 0 fully saturated rings. The molecule has 0 radical (unpaired) electrons. The minimum Gasteiger partial charge on any atom is -0.480 e. The molecule has 0 amide bonds. The number of hydrogen-bond acceptors (Lipinski definition) is 6. The number of rotatable bonds is 9. The number of amidine groups is 1. The predicted octanol–water partition coefficient (Wildman–Crippen LogP) is 2.15. The van der Waals surface area contributed by atoms with Gasteiger partial charge in [0.15, 0.2) is 12.1 Å². The lowest BCUT2D eigenvalue weighted by atomic mass is 10.3. The molecule has 8 heteroatoms. The van der Waals surface area contributed by atoms with Crippen molar-refractivity contribution in [3.63, 3.8) is 0 Å². The molecule has 1 aromatic rings. The molecule has 1 rings (SSSR count). The monoisotopic (exact) mass is 375 g/mol. The third kappa shape index (κ3) is 5.88. The molecule has 0 spiro atoms. The van der Waals surface area contributed by atoms with Gasteiger partial charge in [-0.1, -0.05) is 0 Å². The zero-order valence-corrected chi connectivity index (χ0v) is 14.8.